The summed E-state index contributed by atoms with van der Waals surface area (Å²) in [6.07, 6.45) is 0. The minimum atomic E-state index is -1.40. The summed E-state index contributed by atoms with van der Waals surface area (Å²) in [4.78, 5) is 11.4. The summed E-state index contributed by atoms with van der Waals surface area (Å²) >= 11 is 3.36. The van der Waals surface area contributed by atoms with E-state index in [0.29, 0.717) is 4.90 Å². The quantitative estimate of drug-likeness (QED) is 0.944. The zero-order chi connectivity index (χ0) is 12.4. The van der Waals surface area contributed by atoms with Gasteiger partial charge < -0.3 is 5.73 Å². The molecule has 0 heterocycles. The maximum atomic E-state index is 11.9. The Bertz CT molecular complexity index is 612. The molecule has 1 unspecified atom stereocenters. The van der Waals surface area contributed by atoms with Gasteiger partial charge >= 0.3 is 0 Å². The molecule has 0 aliphatic carbocycles. The summed E-state index contributed by atoms with van der Waals surface area (Å²) in [6, 6.07) is 11.5. The Morgan fingerprint density at radius 2 is 1.82 bits per heavy atom. The van der Waals surface area contributed by atoms with Crippen LogP contribution >= 0.6 is 15.9 Å². The van der Waals surface area contributed by atoms with Crippen LogP contribution in [0, 0.1) is 0 Å². The molecule has 2 rings (SSSR count). The highest BCUT2D eigenvalue weighted by atomic mass is 79.9. The number of benzene rings is 2. The Morgan fingerprint density at radius 1 is 1.24 bits per heavy atom. The first-order valence-electron chi connectivity index (χ1n) is 4.93. The molecule has 0 aliphatic heterocycles. The zero-order valence-electron chi connectivity index (χ0n) is 8.85. The van der Waals surface area contributed by atoms with Gasteiger partial charge in [0, 0.05) is 4.47 Å². The molecule has 2 N–H and O–H groups in total. The average Bonchev–Trinajstić information content (AvgIpc) is 2.27. The third-order valence-corrected chi connectivity index (χ3v) is 4.61. The maximum Gasteiger partial charge on any atom is 0.230 e. The van der Waals surface area contributed by atoms with Gasteiger partial charge in [0.2, 0.25) is 5.91 Å². The van der Waals surface area contributed by atoms with E-state index < -0.39 is 16.7 Å². The molecule has 0 saturated carbocycles. The number of fused-ring (bicyclic) bond motifs is 1. The number of hydrogen-bond acceptors (Lipinski definition) is 2. The minimum Gasteiger partial charge on any atom is -0.369 e. The van der Waals surface area contributed by atoms with E-state index in [2.05, 4.69) is 15.9 Å². The van der Waals surface area contributed by atoms with Gasteiger partial charge in [-0.15, -0.1) is 0 Å². The molecule has 2 aromatic carbocycles. The van der Waals surface area contributed by atoms with Gasteiger partial charge in [-0.1, -0.05) is 24.3 Å². The lowest BCUT2D eigenvalue weighted by atomic mass is 10.1. The summed E-state index contributed by atoms with van der Waals surface area (Å²) in [5, 5.41) is 2.04. The van der Waals surface area contributed by atoms with E-state index in [-0.39, 0.29) is 5.75 Å². The Kier molecular flexibility index (Phi) is 3.59. The van der Waals surface area contributed by atoms with Crippen LogP contribution in [-0.2, 0) is 15.6 Å². The SMILES string of the molecule is NC(=O)CS(=O)c1cc2ccccc2cc1Br. The molecular weight excluding hydrogens is 302 g/mol. The van der Waals surface area contributed by atoms with Crippen molar-refractivity contribution in [2.75, 3.05) is 5.75 Å². The van der Waals surface area contributed by atoms with Gasteiger partial charge in [-0.3, -0.25) is 9.00 Å². The fraction of sp³-hybridized carbons (Fsp3) is 0.0833. The first-order chi connectivity index (χ1) is 8.08. The lowest BCUT2D eigenvalue weighted by Crippen LogP contribution is -2.19. The van der Waals surface area contributed by atoms with E-state index in [1.165, 1.54) is 0 Å². The van der Waals surface area contributed by atoms with Crippen LogP contribution in [0.2, 0.25) is 0 Å². The summed E-state index contributed by atoms with van der Waals surface area (Å²) in [5.41, 5.74) is 5.05. The average molecular weight is 312 g/mol. The third-order valence-electron chi connectivity index (χ3n) is 2.32. The van der Waals surface area contributed by atoms with E-state index >= 15 is 0 Å². The molecule has 0 fully saturated rings. The summed E-state index contributed by atoms with van der Waals surface area (Å²) in [6.45, 7) is 0. The zero-order valence-corrected chi connectivity index (χ0v) is 11.3. The Labute approximate surface area is 110 Å². The van der Waals surface area contributed by atoms with Crippen molar-refractivity contribution in [3.8, 4) is 0 Å². The maximum absolute atomic E-state index is 11.9. The largest absolute Gasteiger partial charge is 0.369 e. The number of halogens is 1. The third kappa shape index (κ3) is 2.73. The van der Waals surface area contributed by atoms with Crippen molar-refractivity contribution in [1.29, 1.82) is 0 Å². The second-order valence-electron chi connectivity index (χ2n) is 3.59. The molecule has 2 aromatic rings. The van der Waals surface area contributed by atoms with Crippen molar-refractivity contribution < 1.29 is 9.00 Å². The molecule has 0 aliphatic rings. The van der Waals surface area contributed by atoms with Crippen LogP contribution in [-0.4, -0.2) is 15.9 Å². The fourth-order valence-corrected chi connectivity index (χ4v) is 3.42. The second kappa shape index (κ2) is 4.98. The first kappa shape index (κ1) is 12.3. The summed E-state index contributed by atoms with van der Waals surface area (Å²) < 4.78 is 12.6. The van der Waals surface area contributed by atoms with E-state index in [4.69, 9.17) is 5.73 Å². The number of nitrogens with two attached hydrogens (primary N) is 1. The van der Waals surface area contributed by atoms with Crippen LogP contribution in [0.25, 0.3) is 10.8 Å². The molecule has 88 valence electrons. The van der Waals surface area contributed by atoms with E-state index in [1.54, 1.807) is 0 Å². The van der Waals surface area contributed by atoms with Crippen molar-refractivity contribution in [3.05, 3.63) is 40.9 Å². The van der Waals surface area contributed by atoms with Gasteiger partial charge in [0.1, 0.15) is 5.75 Å². The normalized spacial score (nSPS) is 12.5. The summed E-state index contributed by atoms with van der Waals surface area (Å²) in [7, 11) is -1.40. The fourth-order valence-electron chi connectivity index (χ4n) is 1.57. The molecule has 1 atom stereocenters. The highest BCUT2D eigenvalue weighted by molar-refractivity contribution is 9.10. The number of hydrogen-bond donors (Lipinski definition) is 1. The predicted molar refractivity (Wildman–Crippen MR) is 72.1 cm³/mol. The van der Waals surface area contributed by atoms with Gasteiger partial charge in [0.05, 0.1) is 15.7 Å². The molecule has 5 heteroatoms. The van der Waals surface area contributed by atoms with Crippen molar-refractivity contribution >= 4 is 43.4 Å². The number of carbonyl (C=O) groups is 1. The topological polar surface area (TPSA) is 60.2 Å². The molecule has 3 nitrogen and oxygen atoms in total. The Morgan fingerprint density at radius 3 is 2.41 bits per heavy atom. The molecular formula is C12H10BrNO2S. The van der Waals surface area contributed by atoms with Crippen LogP contribution in [0.4, 0.5) is 0 Å². The lowest BCUT2D eigenvalue weighted by molar-refractivity contribution is -0.115. The van der Waals surface area contributed by atoms with Gasteiger partial charge in [-0.2, -0.15) is 0 Å². The van der Waals surface area contributed by atoms with Crippen molar-refractivity contribution in [3.63, 3.8) is 0 Å². The van der Waals surface area contributed by atoms with Crippen LogP contribution in [0.5, 0.6) is 0 Å². The molecule has 0 spiro atoms. The van der Waals surface area contributed by atoms with Crippen molar-refractivity contribution in [1.82, 2.24) is 0 Å². The smallest absolute Gasteiger partial charge is 0.230 e. The molecule has 17 heavy (non-hydrogen) atoms. The lowest BCUT2D eigenvalue weighted by Gasteiger charge is -2.05. The Hall–Kier alpha value is -1.20. The van der Waals surface area contributed by atoms with Crippen LogP contribution in [0.15, 0.2) is 45.8 Å². The number of carbonyl (C=O) groups excluding carboxylic acids is 1. The Balaban J connectivity index is 2.50. The van der Waals surface area contributed by atoms with Crippen LogP contribution in [0.1, 0.15) is 0 Å². The molecule has 0 aromatic heterocycles. The summed E-state index contributed by atoms with van der Waals surface area (Å²) in [5.74, 6) is -0.722. The van der Waals surface area contributed by atoms with Crippen molar-refractivity contribution in [2.45, 2.75) is 4.90 Å². The van der Waals surface area contributed by atoms with Gasteiger partial charge in [-0.25, -0.2) is 0 Å². The first-order valence-corrected chi connectivity index (χ1v) is 7.04. The molecule has 0 bridgehead atoms. The number of rotatable bonds is 3. The van der Waals surface area contributed by atoms with Crippen LogP contribution in [0.3, 0.4) is 0 Å². The second-order valence-corrected chi connectivity index (χ2v) is 5.86. The van der Waals surface area contributed by atoms with Gasteiger partial charge in [0.15, 0.2) is 0 Å². The predicted octanol–water partition coefficient (Wildman–Crippen LogP) is 2.20. The van der Waals surface area contributed by atoms with Gasteiger partial charge in [0.25, 0.3) is 0 Å². The number of primary amides is 1. The van der Waals surface area contributed by atoms with E-state index in [1.807, 2.05) is 36.4 Å². The highest BCUT2D eigenvalue weighted by Crippen LogP contribution is 2.26. The molecule has 0 radical (unpaired) electrons. The van der Waals surface area contributed by atoms with E-state index in [0.717, 1.165) is 15.2 Å². The van der Waals surface area contributed by atoms with E-state index in [9.17, 15) is 9.00 Å². The molecule has 0 saturated heterocycles. The minimum absolute atomic E-state index is 0.156. The van der Waals surface area contributed by atoms with Crippen LogP contribution < -0.4 is 5.73 Å². The number of amides is 1. The van der Waals surface area contributed by atoms with Crippen molar-refractivity contribution in [2.24, 2.45) is 5.73 Å². The molecule has 1 amide bonds. The highest BCUT2D eigenvalue weighted by Gasteiger charge is 2.12. The van der Waals surface area contributed by atoms with Gasteiger partial charge in [-0.05, 0) is 38.8 Å². The monoisotopic (exact) mass is 311 g/mol. The standard InChI is InChI=1S/C12H10BrNO2S/c13-10-5-8-3-1-2-4-9(8)6-11(10)17(16)7-12(14)15/h1-6H,7H2,(H2,14,15).